The molecule has 1 rings (SSSR count). The number of anilines is 1. The first-order chi connectivity index (χ1) is 8.06. The van der Waals surface area contributed by atoms with Crippen molar-refractivity contribution < 1.29 is 0 Å². The number of aromatic nitrogens is 2. The number of halogens is 1. The Labute approximate surface area is 108 Å². The lowest BCUT2D eigenvalue weighted by atomic mass is 10.2. The van der Waals surface area contributed by atoms with E-state index in [9.17, 15) is 0 Å². The normalized spacial score (nSPS) is 10.4. The van der Waals surface area contributed by atoms with Crippen LogP contribution in [0.5, 0.6) is 0 Å². The highest BCUT2D eigenvalue weighted by Gasteiger charge is 2.11. The fraction of sp³-hybridized carbons (Fsp3) is 0.538. The Balaban J connectivity index is 2.80. The van der Waals surface area contributed by atoms with Gasteiger partial charge in [0.1, 0.15) is 16.8 Å². The zero-order chi connectivity index (χ0) is 12.8. The summed E-state index contributed by atoms with van der Waals surface area (Å²) in [6, 6.07) is 0. The van der Waals surface area contributed by atoms with Crippen LogP contribution in [-0.2, 0) is 0 Å². The van der Waals surface area contributed by atoms with Gasteiger partial charge in [-0.2, -0.15) is 0 Å². The standard InChI is InChI=1S/C13H18ClN3/c1-5-6-7-8-15-13-10(4)11(14)16-12(17-13)9(2)3/h1,9H,6-8H2,2-4H3,(H,15,16,17). The van der Waals surface area contributed by atoms with Crippen LogP contribution in [0.3, 0.4) is 0 Å². The topological polar surface area (TPSA) is 37.8 Å². The average Bonchev–Trinajstić information content (AvgIpc) is 2.29. The van der Waals surface area contributed by atoms with Gasteiger partial charge in [-0.25, -0.2) is 9.97 Å². The van der Waals surface area contributed by atoms with Crippen LogP contribution in [0, 0.1) is 19.3 Å². The van der Waals surface area contributed by atoms with Crippen LogP contribution in [-0.4, -0.2) is 16.5 Å². The summed E-state index contributed by atoms with van der Waals surface area (Å²) in [6.07, 6.45) is 6.89. The van der Waals surface area contributed by atoms with E-state index in [1.54, 1.807) is 0 Å². The van der Waals surface area contributed by atoms with Gasteiger partial charge in [-0.15, -0.1) is 12.3 Å². The van der Waals surface area contributed by atoms with Crippen molar-refractivity contribution in [3.63, 3.8) is 0 Å². The predicted molar refractivity (Wildman–Crippen MR) is 72.4 cm³/mol. The minimum Gasteiger partial charge on any atom is -0.370 e. The molecule has 17 heavy (non-hydrogen) atoms. The Hall–Kier alpha value is -1.27. The maximum absolute atomic E-state index is 6.08. The third-order valence-corrected chi connectivity index (χ3v) is 2.78. The minimum absolute atomic E-state index is 0.263. The molecule has 0 aliphatic heterocycles. The lowest BCUT2D eigenvalue weighted by Crippen LogP contribution is -2.09. The summed E-state index contributed by atoms with van der Waals surface area (Å²) in [4.78, 5) is 8.73. The molecule has 0 saturated heterocycles. The van der Waals surface area contributed by atoms with Crippen molar-refractivity contribution in [3.8, 4) is 12.3 Å². The molecule has 0 saturated carbocycles. The van der Waals surface area contributed by atoms with E-state index in [-0.39, 0.29) is 5.92 Å². The average molecular weight is 252 g/mol. The predicted octanol–water partition coefficient (Wildman–Crippen LogP) is 3.39. The van der Waals surface area contributed by atoms with Crippen LogP contribution >= 0.6 is 11.6 Å². The smallest absolute Gasteiger partial charge is 0.137 e. The number of nitrogens with zero attached hydrogens (tertiary/aromatic N) is 2. The van der Waals surface area contributed by atoms with Gasteiger partial charge in [0.05, 0.1) is 0 Å². The van der Waals surface area contributed by atoms with Gasteiger partial charge in [0.25, 0.3) is 0 Å². The summed E-state index contributed by atoms with van der Waals surface area (Å²) in [5, 5.41) is 3.77. The molecular formula is C13H18ClN3. The molecular weight excluding hydrogens is 234 g/mol. The van der Waals surface area contributed by atoms with Crippen LogP contribution in [0.1, 0.15) is 44.0 Å². The second kappa shape index (κ2) is 6.46. The third kappa shape index (κ3) is 3.90. The van der Waals surface area contributed by atoms with Crippen molar-refractivity contribution in [1.82, 2.24) is 9.97 Å². The third-order valence-electron chi connectivity index (χ3n) is 2.41. The van der Waals surface area contributed by atoms with E-state index in [4.69, 9.17) is 18.0 Å². The van der Waals surface area contributed by atoms with Crippen LogP contribution in [0.25, 0.3) is 0 Å². The number of rotatable bonds is 5. The molecule has 0 aromatic carbocycles. The molecule has 92 valence electrons. The van der Waals surface area contributed by atoms with E-state index in [1.807, 2.05) is 20.8 Å². The molecule has 0 atom stereocenters. The number of hydrogen-bond acceptors (Lipinski definition) is 3. The molecule has 0 bridgehead atoms. The molecule has 1 heterocycles. The molecule has 4 heteroatoms. The molecule has 0 aliphatic rings. The summed E-state index contributed by atoms with van der Waals surface area (Å²) in [5.41, 5.74) is 0.886. The second-order valence-corrected chi connectivity index (χ2v) is 4.59. The maximum Gasteiger partial charge on any atom is 0.137 e. The highest BCUT2D eigenvalue weighted by Crippen LogP contribution is 2.22. The fourth-order valence-electron chi connectivity index (χ4n) is 1.33. The van der Waals surface area contributed by atoms with Gasteiger partial charge in [-0.1, -0.05) is 25.4 Å². The summed E-state index contributed by atoms with van der Waals surface area (Å²) < 4.78 is 0. The van der Waals surface area contributed by atoms with Crippen molar-refractivity contribution >= 4 is 17.4 Å². The first-order valence-electron chi connectivity index (χ1n) is 5.77. The van der Waals surface area contributed by atoms with Gasteiger partial charge in [-0.05, 0) is 13.3 Å². The first-order valence-corrected chi connectivity index (χ1v) is 6.15. The molecule has 0 spiro atoms. The van der Waals surface area contributed by atoms with E-state index < -0.39 is 0 Å². The maximum atomic E-state index is 6.08. The van der Waals surface area contributed by atoms with Gasteiger partial charge >= 0.3 is 0 Å². The van der Waals surface area contributed by atoms with E-state index in [1.165, 1.54) is 0 Å². The molecule has 1 N–H and O–H groups in total. The van der Waals surface area contributed by atoms with Crippen LogP contribution < -0.4 is 5.32 Å². The monoisotopic (exact) mass is 251 g/mol. The minimum atomic E-state index is 0.263. The number of unbranched alkanes of at least 4 members (excludes halogenated alkanes) is 1. The Morgan fingerprint density at radius 2 is 2.12 bits per heavy atom. The lowest BCUT2D eigenvalue weighted by Gasteiger charge is -2.12. The Bertz CT molecular complexity index is 421. The molecule has 0 radical (unpaired) electrons. The number of terminal acetylenes is 1. The van der Waals surface area contributed by atoms with Crippen LogP contribution in [0.15, 0.2) is 0 Å². The zero-order valence-corrected chi connectivity index (χ0v) is 11.3. The van der Waals surface area contributed by atoms with Crippen LogP contribution in [0.4, 0.5) is 5.82 Å². The molecule has 0 amide bonds. The molecule has 1 aromatic rings. The van der Waals surface area contributed by atoms with Crippen molar-refractivity contribution in [1.29, 1.82) is 0 Å². The fourth-order valence-corrected chi connectivity index (χ4v) is 1.51. The summed E-state index contributed by atoms with van der Waals surface area (Å²) in [5.74, 6) is 4.45. The van der Waals surface area contributed by atoms with Gasteiger partial charge < -0.3 is 5.32 Å². The van der Waals surface area contributed by atoms with E-state index in [2.05, 4.69) is 21.2 Å². The highest BCUT2D eigenvalue weighted by atomic mass is 35.5. The Morgan fingerprint density at radius 3 is 2.71 bits per heavy atom. The molecule has 1 aromatic heterocycles. The zero-order valence-electron chi connectivity index (χ0n) is 10.5. The van der Waals surface area contributed by atoms with Crippen molar-refractivity contribution in [2.24, 2.45) is 0 Å². The Morgan fingerprint density at radius 1 is 1.41 bits per heavy atom. The van der Waals surface area contributed by atoms with Crippen LogP contribution in [0.2, 0.25) is 5.15 Å². The summed E-state index contributed by atoms with van der Waals surface area (Å²) >= 11 is 6.08. The van der Waals surface area contributed by atoms with Crippen molar-refractivity contribution in [2.75, 3.05) is 11.9 Å². The molecule has 0 fully saturated rings. The van der Waals surface area contributed by atoms with Crippen molar-refractivity contribution in [3.05, 3.63) is 16.5 Å². The Kier molecular flexibility index (Phi) is 5.24. The molecule has 3 nitrogen and oxygen atoms in total. The second-order valence-electron chi connectivity index (χ2n) is 4.24. The van der Waals surface area contributed by atoms with Gasteiger partial charge in [0.2, 0.25) is 0 Å². The quantitative estimate of drug-likeness (QED) is 0.495. The number of nitrogens with one attached hydrogen (secondary N) is 1. The largest absolute Gasteiger partial charge is 0.370 e. The van der Waals surface area contributed by atoms with Crippen molar-refractivity contribution in [2.45, 2.75) is 39.5 Å². The highest BCUT2D eigenvalue weighted by molar-refractivity contribution is 6.30. The van der Waals surface area contributed by atoms with E-state index in [0.717, 1.165) is 36.6 Å². The molecule has 0 unspecified atom stereocenters. The summed E-state index contributed by atoms with van der Waals surface area (Å²) in [6.45, 7) is 6.80. The number of hydrogen-bond donors (Lipinski definition) is 1. The lowest BCUT2D eigenvalue weighted by molar-refractivity contribution is 0.769. The SMILES string of the molecule is C#CCCCNc1nc(C(C)C)nc(Cl)c1C. The first kappa shape index (κ1) is 13.8. The van der Waals surface area contributed by atoms with Gasteiger partial charge in [0.15, 0.2) is 0 Å². The van der Waals surface area contributed by atoms with E-state index in [0.29, 0.717) is 5.15 Å². The van der Waals surface area contributed by atoms with Gasteiger partial charge in [-0.3, -0.25) is 0 Å². The van der Waals surface area contributed by atoms with E-state index >= 15 is 0 Å². The summed E-state index contributed by atoms with van der Waals surface area (Å²) in [7, 11) is 0. The molecule has 0 aliphatic carbocycles. The van der Waals surface area contributed by atoms with Gasteiger partial charge in [0, 0.05) is 24.4 Å².